The number of carbonyl (C=O) groups is 3. The van der Waals surface area contributed by atoms with Crippen LogP contribution in [0.15, 0.2) is 43.0 Å². The molecule has 38 heavy (non-hydrogen) atoms. The molecule has 2 heterocycles. The number of aromatic nitrogens is 2. The van der Waals surface area contributed by atoms with E-state index in [1.54, 1.807) is 12.1 Å². The number of rotatable bonds is 8. The maximum atomic E-state index is 13.0. The van der Waals surface area contributed by atoms with E-state index in [0.717, 1.165) is 42.5 Å². The third-order valence-electron chi connectivity index (χ3n) is 7.19. The van der Waals surface area contributed by atoms with Crippen LogP contribution in [0.1, 0.15) is 82.3 Å². The first-order valence-electron chi connectivity index (χ1n) is 12.8. The molecule has 3 N–H and O–H groups in total. The largest absolute Gasteiger partial charge is 0.350 e. The zero-order valence-corrected chi connectivity index (χ0v) is 21.5. The molecule has 11 heteroatoms. The van der Waals surface area contributed by atoms with Crippen LogP contribution in [0.3, 0.4) is 0 Å². The number of anilines is 1. The monoisotopic (exact) mass is 541 g/mol. The molecule has 3 amide bonds. The molecule has 2 aromatic heterocycles. The number of benzene rings is 1. The highest BCUT2D eigenvalue weighted by Crippen LogP contribution is 2.38. The van der Waals surface area contributed by atoms with Crippen LogP contribution < -0.4 is 16.0 Å². The predicted molar refractivity (Wildman–Crippen MR) is 142 cm³/mol. The summed E-state index contributed by atoms with van der Waals surface area (Å²) in [7, 11) is 0. The minimum absolute atomic E-state index is 0.0436. The summed E-state index contributed by atoms with van der Waals surface area (Å²) in [6.45, 7) is 3.48. The Bertz CT molecular complexity index is 1370. The van der Waals surface area contributed by atoms with Gasteiger partial charge in [0.25, 0.3) is 18.2 Å². The van der Waals surface area contributed by atoms with Crippen molar-refractivity contribution in [2.24, 2.45) is 0 Å². The quantitative estimate of drug-likeness (QED) is 0.334. The number of amides is 3. The van der Waals surface area contributed by atoms with Crippen LogP contribution in [0.5, 0.6) is 0 Å². The normalized spacial score (nSPS) is 19.7. The summed E-state index contributed by atoms with van der Waals surface area (Å²) in [5, 5.41) is 8.75. The van der Waals surface area contributed by atoms with Gasteiger partial charge in [-0.05, 0) is 62.1 Å². The molecular formula is C27H29F2N5O3S. The molecule has 0 bridgehead atoms. The molecule has 3 aromatic rings. The van der Waals surface area contributed by atoms with Gasteiger partial charge >= 0.3 is 0 Å². The molecule has 0 aliphatic heterocycles. The van der Waals surface area contributed by atoms with Crippen molar-refractivity contribution in [1.29, 1.82) is 0 Å². The van der Waals surface area contributed by atoms with Crippen LogP contribution in [0.4, 0.5) is 14.7 Å². The van der Waals surface area contributed by atoms with Crippen molar-refractivity contribution >= 4 is 46.0 Å². The highest BCUT2D eigenvalue weighted by Gasteiger charge is 2.34. The van der Waals surface area contributed by atoms with E-state index in [0.29, 0.717) is 23.9 Å². The van der Waals surface area contributed by atoms with Crippen LogP contribution >= 0.6 is 11.3 Å². The van der Waals surface area contributed by atoms with Gasteiger partial charge in [-0.2, -0.15) is 0 Å². The van der Waals surface area contributed by atoms with Crippen LogP contribution in [0.25, 0.3) is 11.0 Å². The van der Waals surface area contributed by atoms with Crippen molar-refractivity contribution < 1.29 is 23.2 Å². The molecule has 0 atom stereocenters. The maximum Gasteiger partial charge on any atom is 0.272 e. The highest BCUT2D eigenvalue weighted by atomic mass is 32.1. The zero-order valence-electron chi connectivity index (χ0n) is 20.7. The molecule has 200 valence electrons. The first-order valence-corrected chi connectivity index (χ1v) is 13.6. The summed E-state index contributed by atoms with van der Waals surface area (Å²) in [6.07, 6.45) is 5.16. The lowest BCUT2D eigenvalue weighted by Crippen LogP contribution is -2.44. The van der Waals surface area contributed by atoms with E-state index in [9.17, 15) is 23.2 Å². The highest BCUT2D eigenvalue weighted by molar-refractivity contribution is 7.14. The Kier molecular flexibility index (Phi) is 7.55. The van der Waals surface area contributed by atoms with Gasteiger partial charge < -0.3 is 15.2 Å². The van der Waals surface area contributed by atoms with Gasteiger partial charge in [0.15, 0.2) is 0 Å². The van der Waals surface area contributed by atoms with Gasteiger partial charge in [0.1, 0.15) is 0 Å². The van der Waals surface area contributed by atoms with Crippen LogP contribution in [-0.2, 0) is 4.79 Å². The van der Waals surface area contributed by atoms with Crippen molar-refractivity contribution in [3.8, 4) is 0 Å². The third kappa shape index (κ3) is 5.47. The molecule has 0 spiro atoms. The number of halogens is 2. The molecule has 5 rings (SSSR count). The lowest BCUT2D eigenvalue weighted by molar-refractivity contribution is -0.117. The Balaban J connectivity index is 1.41. The summed E-state index contributed by atoms with van der Waals surface area (Å²) >= 11 is 0.733. The first-order chi connectivity index (χ1) is 18.3. The fourth-order valence-corrected chi connectivity index (χ4v) is 5.90. The SMILES string of the molecule is C=CC(=O)NC1CC(n2c(NC(=O)c3ccc(C(F)F)s3)nc3cc(C(=O)NC4CCCCC4)ccc32)C1. The summed E-state index contributed by atoms with van der Waals surface area (Å²) in [4.78, 5) is 42.1. The molecule has 1 aromatic carbocycles. The molecule has 0 radical (unpaired) electrons. The van der Waals surface area contributed by atoms with Gasteiger partial charge in [-0.15, -0.1) is 11.3 Å². The van der Waals surface area contributed by atoms with E-state index < -0.39 is 12.3 Å². The predicted octanol–water partition coefficient (Wildman–Crippen LogP) is 5.36. The molecular weight excluding hydrogens is 512 g/mol. The van der Waals surface area contributed by atoms with Gasteiger partial charge in [0, 0.05) is 23.7 Å². The van der Waals surface area contributed by atoms with E-state index in [1.165, 1.54) is 24.6 Å². The summed E-state index contributed by atoms with van der Waals surface area (Å²) in [5.41, 5.74) is 1.75. The number of imidazole rings is 1. The molecule has 0 unspecified atom stereocenters. The van der Waals surface area contributed by atoms with Gasteiger partial charge in [-0.1, -0.05) is 25.8 Å². The second-order valence-corrected chi connectivity index (χ2v) is 10.9. The number of carbonyl (C=O) groups excluding carboxylic acids is 3. The average molecular weight is 542 g/mol. The number of thiophene rings is 1. The first kappa shape index (κ1) is 26.0. The fourth-order valence-electron chi connectivity index (χ4n) is 5.15. The number of hydrogen-bond donors (Lipinski definition) is 3. The minimum atomic E-state index is -2.65. The van der Waals surface area contributed by atoms with E-state index in [-0.39, 0.29) is 45.6 Å². The van der Waals surface area contributed by atoms with Crippen LogP contribution in [0.2, 0.25) is 0 Å². The average Bonchev–Trinajstić information content (AvgIpc) is 3.51. The summed E-state index contributed by atoms with van der Waals surface area (Å²) in [5.74, 6) is -0.684. The number of hydrogen-bond acceptors (Lipinski definition) is 5. The van der Waals surface area contributed by atoms with Gasteiger partial charge in [-0.25, -0.2) is 13.8 Å². The fraction of sp³-hybridized carbons (Fsp3) is 0.407. The number of nitrogens with one attached hydrogen (secondary N) is 3. The maximum absolute atomic E-state index is 13.0. The summed E-state index contributed by atoms with van der Waals surface area (Å²) < 4.78 is 27.9. The lowest BCUT2D eigenvalue weighted by Gasteiger charge is -2.37. The topological polar surface area (TPSA) is 105 Å². The minimum Gasteiger partial charge on any atom is -0.350 e. The second kappa shape index (κ2) is 11.0. The lowest BCUT2D eigenvalue weighted by atomic mass is 9.86. The Morgan fingerprint density at radius 1 is 1.03 bits per heavy atom. The Hall–Kier alpha value is -3.60. The number of nitrogens with zero attached hydrogens (tertiary/aromatic N) is 2. The van der Waals surface area contributed by atoms with Crippen LogP contribution in [0, 0.1) is 0 Å². The van der Waals surface area contributed by atoms with Gasteiger partial charge in [0.2, 0.25) is 11.9 Å². The van der Waals surface area contributed by atoms with E-state index >= 15 is 0 Å². The van der Waals surface area contributed by atoms with Crippen molar-refractivity contribution in [1.82, 2.24) is 20.2 Å². The Morgan fingerprint density at radius 3 is 2.47 bits per heavy atom. The molecule has 2 saturated carbocycles. The molecule has 2 aliphatic carbocycles. The third-order valence-corrected chi connectivity index (χ3v) is 8.28. The second-order valence-electron chi connectivity index (χ2n) is 9.81. The molecule has 2 fully saturated rings. The summed E-state index contributed by atoms with van der Waals surface area (Å²) in [6, 6.07) is 7.92. The standard InChI is InChI=1S/C27H29F2N5O3S/c1-2-23(35)30-17-13-18(14-17)34-20-9-8-15(25(36)31-16-6-4-3-5-7-16)12-19(20)32-27(34)33-26(37)22-11-10-21(38-22)24(28)29/h2,8-12,16-18,24H,1,3-7,13-14H2,(H,30,35)(H,31,36)(H,32,33,37). The van der Waals surface area contributed by atoms with Crippen molar-refractivity contribution in [3.05, 3.63) is 58.3 Å². The molecule has 8 nitrogen and oxygen atoms in total. The van der Waals surface area contributed by atoms with Crippen molar-refractivity contribution in [2.75, 3.05) is 5.32 Å². The molecule has 0 saturated heterocycles. The Morgan fingerprint density at radius 2 is 1.79 bits per heavy atom. The van der Waals surface area contributed by atoms with Crippen molar-refractivity contribution in [2.45, 2.75) is 69.5 Å². The van der Waals surface area contributed by atoms with Gasteiger partial charge in [0.05, 0.1) is 20.8 Å². The number of alkyl halides is 2. The van der Waals surface area contributed by atoms with E-state index in [1.807, 2.05) is 10.6 Å². The van der Waals surface area contributed by atoms with E-state index in [4.69, 9.17) is 0 Å². The zero-order chi connectivity index (χ0) is 26.8. The van der Waals surface area contributed by atoms with Crippen molar-refractivity contribution in [3.63, 3.8) is 0 Å². The molecule has 2 aliphatic rings. The Labute approximate surface area is 222 Å². The van der Waals surface area contributed by atoms with Crippen LogP contribution in [-0.4, -0.2) is 39.4 Å². The van der Waals surface area contributed by atoms with E-state index in [2.05, 4.69) is 27.5 Å². The van der Waals surface area contributed by atoms with Gasteiger partial charge in [-0.3, -0.25) is 19.7 Å². The smallest absolute Gasteiger partial charge is 0.272 e. The number of fused-ring (bicyclic) bond motifs is 1.